The van der Waals surface area contributed by atoms with Crippen LogP contribution in [0.15, 0.2) is 30.5 Å². The van der Waals surface area contributed by atoms with Crippen LogP contribution in [-0.2, 0) is 4.74 Å². The number of carbonyl (C=O) groups is 1. The summed E-state index contributed by atoms with van der Waals surface area (Å²) in [4.78, 5) is 15.2. The third-order valence-electron chi connectivity index (χ3n) is 2.09. The summed E-state index contributed by atoms with van der Waals surface area (Å²) in [7, 11) is 0. The number of rotatable bonds is 6. The molecule has 0 amide bonds. The van der Waals surface area contributed by atoms with Gasteiger partial charge in [-0.25, -0.2) is 9.78 Å². The number of pyridine rings is 1. The van der Waals surface area contributed by atoms with E-state index in [2.05, 4.69) is 4.98 Å². The van der Waals surface area contributed by atoms with Gasteiger partial charge in [0, 0.05) is 6.20 Å². The Morgan fingerprint density at radius 3 is 2.78 bits per heavy atom. The van der Waals surface area contributed by atoms with E-state index >= 15 is 0 Å². The Morgan fingerprint density at radius 1 is 1.39 bits per heavy atom. The molecule has 0 N–H and O–H groups in total. The predicted octanol–water partition coefficient (Wildman–Crippen LogP) is 3.84. The van der Waals surface area contributed by atoms with Gasteiger partial charge in [-0.3, -0.25) is 0 Å². The molecule has 1 rings (SSSR count). The Balaban J connectivity index is 2.21. The van der Waals surface area contributed by atoms with Crippen LogP contribution in [0.25, 0.3) is 0 Å². The van der Waals surface area contributed by atoms with Gasteiger partial charge < -0.3 is 4.74 Å². The van der Waals surface area contributed by atoms with E-state index in [1.54, 1.807) is 0 Å². The number of nitrogens with zero attached hydrogens (tertiary/aromatic N) is 1. The van der Waals surface area contributed by atoms with Crippen molar-refractivity contribution in [2.45, 2.75) is 19.3 Å². The lowest BCUT2D eigenvalue weighted by Gasteiger charge is -2.03. The minimum atomic E-state index is -1.68. The van der Waals surface area contributed by atoms with E-state index in [0.717, 1.165) is 6.08 Å². The van der Waals surface area contributed by atoms with Crippen LogP contribution in [-0.4, -0.2) is 17.6 Å². The molecule has 1 aromatic heterocycles. The Labute approximate surface area is 108 Å². The van der Waals surface area contributed by atoms with Gasteiger partial charge in [0.05, 0.1) is 12.2 Å². The van der Waals surface area contributed by atoms with Crippen LogP contribution < -0.4 is 0 Å². The number of ether oxygens (including phenoxy) is 1. The van der Waals surface area contributed by atoms with E-state index in [9.17, 15) is 13.6 Å². The second-order valence-electron chi connectivity index (χ2n) is 3.50. The highest BCUT2D eigenvalue weighted by Crippen LogP contribution is 2.08. The highest BCUT2D eigenvalue weighted by atomic mass is 35.5. The van der Waals surface area contributed by atoms with Crippen LogP contribution in [0.2, 0.25) is 5.15 Å². The summed E-state index contributed by atoms with van der Waals surface area (Å²) in [6, 6.07) is 3.01. The second kappa shape index (κ2) is 7.76. The summed E-state index contributed by atoms with van der Waals surface area (Å²) in [6.45, 7) is 0.198. The van der Waals surface area contributed by atoms with Gasteiger partial charge in [0.15, 0.2) is 0 Å². The molecular weight excluding hydrogens is 264 g/mol. The third kappa shape index (κ3) is 5.72. The summed E-state index contributed by atoms with van der Waals surface area (Å²) in [6.07, 6.45) is 1.86. The Bertz CT molecular complexity index is 417. The first kappa shape index (κ1) is 14.6. The smallest absolute Gasteiger partial charge is 0.339 e. The summed E-state index contributed by atoms with van der Waals surface area (Å²) in [5.74, 6) is -0.494. The normalized spacial score (nSPS) is 9.94. The standard InChI is InChI=1S/C12H12ClF2NO2/c13-10-6-5-9(8-16-10)12(17)18-7-3-1-2-4-11(14)15/h4-6,8H,1-3,7H2. The van der Waals surface area contributed by atoms with E-state index in [1.165, 1.54) is 18.3 Å². The lowest BCUT2D eigenvalue weighted by atomic mass is 10.2. The number of aromatic nitrogens is 1. The molecule has 0 saturated carbocycles. The van der Waals surface area contributed by atoms with Crippen molar-refractivity contribution in [3.63, 3.8) is 0 Å². The zero-order valence-corrected chi connectivity index (χ0v) is 10.3. The maximum atomic E-state index is 11.7. The number of esters is 1. The third-order valence-corrected chi connectivity index (χ3v) is 2.32. The number of unbranched alkanes of at least 4 members (excludes halogenated alkanes) is 2. The molecule has 0 aliphatic heterocycles. The fraction of sp³-hybridized carbons (Fsp3) is 0.333. The van der Waals surface area contributed by atoms with Gasteiger partial charge in [0.1, 0.15) is 5.15 Å². The van der Waals surface area contributed by atoms with Crippen molar-refractivity contribution >= 4 is 17.6 Å². The van der Waals surface area contributed by atoms with Crippen molar-refractivity contribution in [2.75, 3.05) is 6.61 Å². The topological polar surface area (TPSA) is 39.2 Å². The first-order chi connectivity index (χ1) is 8.59. The molecule has 0 unspecified atom stereocenters. The van der Waals surface area contributed by atoms with Crippen molar-refractivity contribution in [1.29, 1.82) is 0 Å². The van der Waals surface area contributed by atoms with E-state index in [1.807, 2.05) is 0 Å². The number of hydrogen-bond acceptors (Lipinski definition) is 3. The molecule has 0 aromatic carbocycles. The molecular formula is C12H12ClF2NO2. The molecule has 18 heavy (non-hydrogen) atoms. The quantitative estimate of drug-likeness (QED) is 0.450. The van der Waals surface area contributed by atoms with Gasteiger partial charge >= 0.3 is 5.97 Å². The molecule has 6 heteroatoms. The number of carbonyl (C=O) groups excluding carboxylic acids is 1. The molecule has 0 atom stereocenters. The lowest BCUT2D eigenvalue weighted by molar-refractivity contribution is 0.0498. The van der Waals surface area contributed by atoms with Gasteiger partial charge in [-0.2, -0.15) is 8.78 Å². The molecule has 98 valence electrons. The fourth-order valence-electron chi connectivity index (χ4n) is 1.20. The highest BCUT2D eigenvalue weighted by Gasteiger charge is 2.06. The maximum Gasteiger partial charge on any atom is 0.339 e. The van der Waals surface area contributed by atoms with Gasteiger partial charge in [-0.1, -0.05) is 11.6 Å². The summed E-state index contributed by atoms with van der Waals surface area (Å²) in [5.41, 5.74) is 0.314. The molecule has 3 nitrogen and oxygen atoms in total. The predicted molar refractivity (Wildman–Crippen MR) is 63.7 cm³/mol. The van der Waals surface area contributed by atoms with Crippen LogP contribution in [0.5, 0.6) is 0 Å². The van der Waals surface area contributed by atoms with Crippen LogP contribution >= 0.6 is 11.6 Å². The van der Waals surface area contributed by atoms with Crippen LogP contribution in [0.4, 0.5) is 8.78 Å². The van der Waals surface area contributed by atoms with Crippen LogP contribution in [0.1, 0.15) is 29.6 Å². The van der Waals surface area contributed by atoms with Gasteiger partial charge in [-0.05, 0) is 37.5 Å². The highest BCUT2D eigenvalue weighted by molar-refractivity contribution is 6.29. The van der Waals surface area contributed by atoms with Crippen molar-refractivity contribution in [3.8, 4) is 0 Å². The van der Waals surface area contributed by atoms with Gasteiger partial charge in [0.2, 0.25) is 0 Å². The van der Waals surface area contributed by atoms with Gasteiger partial charge in [-0.15, -0.1) is 0 Å². The first-order valence-corrected chi connectivity index (χ1v) is 5.77. The van der Waals surface area contributed by atoms with E-state index in [4.69, 9.17) is 16.3 Å². The second-order valence-corrected chi connectivity index (χ2v) is 3.88. The van der Waals surface area contributed by atoms with Crippen LogP contribution in [0.3, 0.4) is 0 Å². The number of allylic oxidation sites excluding steroid dienone is 1. The molecule has 0 saturated heterocycles. The van der Waals surface area contributed by atoms with Crippen molar-refractivity contribution in [1.82, 2.24) is 4.98 Å². The summed E-state index contributed by atoms with van der Waals surface area (Å²) < 4.78 is 28.3. The largest absolute Gasteiger partial charge is 0.462 e. The minimum absolute atomic E-state index is 0.198. The number of hydrogen-bond donors (Lipinski definition) is 0. The monoisotopic (exact) mass is 275 g/mol. The van der Waals surface area contributed by atoms with Crippen LogP contribution in [0, 0.1) is 0 Å². The fourth-order valence-corrected chi connectivity index (χ4v) is 1.31. The van der Waals surface area contributed by atoms with Gasteiger partial charge in [0.25, 0.3) is 6.08 Å². The molecule has 1 heterocycles. The first-order valence-electron chi connectivity index (χ1n) is 5.39. The Kier molecular flexibility index (Phi) is 6.28. The average Bonchev–Trinajstić information content (AvgIpc) is 2.34. The van der Waals surface area contributed by atoms with E-state index < -0.39 is 12.0 Å². The molecule has 0 aliphatic carbocycles. The Morgan fingerprint density at radius 2 is 2.17 bits per heavy atom. The zero-order chi connectivity index (χ0) is 13.4. The zero-order valence-electron chi connectivity index (χ0n) is 9.54. The molecule has 0 fully saturated rings. The summed E-state index contributed by atoms with van der Waals surface area (Å²) >= 11 is 5.57. The summed E-state index contributed by atoms with van der Waals surface area (Å²) in [5, 5.41) is 0.298. The van der Waals surface area contributed by atoms with E-state index in [0.29, 0.717) is 23.6 Å². The molecule has 0 aliphatic rings. The average molecular weight is 276 g/mol. The van der Waals surface area contributed by atoms with Crippen molar-refractivity contribution in [2.24, 2.45) is 0 Å². The molecule has 0 bridgehead atoms. The maximum absolute atomic E-state index is 11.7. The Hall–Kier alpha value is -1.49. The lowest BCUT2D eigenvalue weighted by Crippen LogP contribution is -2.06. The molecule has 0 spiro atoms. The SMILES string of the molecule is O=C(OCCCCC=C(F)F)c1ccc(Cl)nc1. The van der Waals surface area contributed by atoms with Crippen molar-refractivity contribution in [3.05, 3.63) is 41.2 Å². The number of halogens is 3. The molecule has 1 aromatic rings. The van der Waals surface area contributed by atoms with Crippen molar-refractivity contribution < 1.29 is 18.3 Å². The van der Waals surface area contributed by atoms with E-state index in [-0.39, 0.29) is 13.0 Å². The minimum Gasteiger partial charge on any atom is -0.462 e. The molecule has 0 radical (unpaired) electrons.